The van der Waals surface area contributed by atoms with Gasteiger partial charge in [-0.2, -0.15) is 0 Å². The molecular formula is C20H20N2O6S. The van der Waals surface area contributed by atoms with Crippen LogP contribution in [0.25, 0.3) is 5.57 Å². The monoisotopic (exact) mass is 416 g/mol. The predicted molar refractivity (Wildman–Crippen MR) is 108 cm³/mol. The van der Waals surface area contributed by atoms with E-state index >= 15 is 0 Å². The normalized spacial score (nSPS) is 21.8. The molecule has 0 bridgehead atoms. The molecule has 0 saturated heterocycles. The molecule has 0 fully saturated rings. The second kappa shape index (κ2) is 7.16. The lowest BCUT2D eigenvalue weighted by atomic mass is 9.94. The van der Waals surface area contributed by atoms with E-state index in [2.05, 4.69) is 24.8 Å². The summed E-state index contributed by atoms with van der Waals surface area (Å²) in [6.07, 6.45) is 4.87. The van der Waals surface area contributed by atoms with Crippen molar-refractivity contribution in [1.29, 1.82) is 0 Å². The Hall–Kier alpha value is -2.91. The third-order valence-electron chi connectivity index (χ3n) is 5.13. The summed E-state index contributed by atoms with van der Waals surface area (Å²) in [5, 5.41) is 13.0. The Morgan fingerprint density at radius 1 is 1.17 bits per heavy atom. The maximum atomic E-state index is 12.1. The zero-order valence-electron chi connectivity index (χ0n) is 16.0. The Bertz CT molecular complexity index is 990. The minimum Gasteiger partial charge on any atom is -0.332 e. The van der Waals surface area contributed by atoms with Crippen LogP contribution < -0.4 is 0 Å². The molecule has 9 heteroatoms. The van der Waals surface area contributed by atoms with E-state index in [0.29, 0.717) is 16.5 Å². The van der Waals surface area contributed by atoms with E-state index < -0.39 is 27.5 Å². The quantitative estimate of drug-likeness (QED) is 0.548. The second-order valence-corrected chi connectivity index (χ2v) is 9.32. The van der Waals surface area contributed by atoms with Crippen LogP contribution in [-0.4, -0.2) is 40.9 Å². The van der Waals surface area contributed by atoms with E-state index in [0.717, 1.165) is 42.8 Å². The van der Waals surface area contributed by atoms with Gasteiger partial charge in [0.25, 0.3) is 5.69 Å². The number of hydrogen-bond donors (Lipinski definition) is 0. The highest BCUT2D eigenvalue weighted by molar-refractivity contribution is 8.29. The molecule has 0 saturated carbocycles. The topological polar surface area (TPSA) is 99.0 Å². The number of benzene rings is 1. The SMILES string of the molecule is CC(C)N1CC=C(C2=CS3(OC(=O)C=CC(=O)O3)c3ccc([N+](=O)[O-])cc32)CC1. The molecule has 4 rings (SSSR count). The Morgan fingerprint density at radius 3 is 2.41 bits per heavy atom. The van der Waals surface area contributed by atoms with Gasteiger partial charge in [0.05, 0.1) is 15.2 Å². The zero-order chi connectivity index (χ0) is 20.8. The molecule has 0 radical (unpaired) electrons. The third-order valence-corrected chi connectivity index (χ3v) is 7.47. The average Bonchev–Trinajstić information content (AvgIpc) is 2.90. The highest BCUT2D eigenvalue weighted by atomic mass is 32.3. The van der Waals surface area contributed by atoms with E-state index in [4.69, 9.17) is 8.37 Å². The zero-order valence-corrected chi connectivity index (χ0v) is 16.8. The molecule has 1 aromatic carbocycles. The first-order valence-electron chi connectivity index (χ1n) is 9.21. The molecule has 0 aromatic heterocycles. The van der Waals surface area contributed by atoms with Crippen molar-refractivity contribution in [3.8, 4) is 0 Å². The fraction of sp³-hybridized carbons (Fsp3) is 0.300. The maximum absolute atomic E-state index is 12.1. The van der Waals surface area contributed by atoms with Gasteiger partial charge in [-0.15, -0.1) is 0 Å². The van der Waals surface area contributed by atoms with Gasteiger partial charge in [0.1, 0.15) is 0 Å². The van der Waals surface area contributed by atoms with Gasteiger partial charge in [-0.3, -0.25) is 15.0 Å². The van der Waals surface area contributed by atoms with E-state index in [1.54, 1.807) is 5.41 Å². The van der Waals surface area contributed by atoms with Crippen LogP contribution in [0.15, 0.2) is 52.3 Å². The molecule has 8 nitrogen and oxygen atoms in total. The van der Waals surface area contributed by atoms with Crippen LogP contribution in [0.3, 0.4) is 0 Å². The summed E-state index contributed by atoms with van der Waals surface area (Å²) in [4.78, 5) is 37.8. The summed E-state index contributed by atoms with van der Waals surface area (Å²) in [6.45, 7) is 5.85. The molecule has 0 aliphatic carbocycles. The van der Waals surface area contributed by atoms with Crippen LogP contribution in [-0.2, 0) is 18.0 Å². The minimum atomic E-state index is -2.83. The number of nitrogens with zero attached hydrogens (tertiary/aromatic N) is 2. The van der Waals surface area contributed by atoms with Crippen molar-refractivity contribution in [1.82, 2.24) is 4.90 Å². The number of nitro groups is 1. The van der Waals surface area contributed by atoms with Gasteiger partial charge in [-0.1, -0.05) is 16.7 Å². The lowest BCUT2D eigenvalue weighted by molar-refractivity contribution is -0.384. The van der Waals surface area contributed by atoms with E-state index in [-0.39, 0.29) is 5.69 Å². The largest absolute Gasteiger partial charge is 0.354 e. The minimum absolute atomic E-state index is 0.0734. The maximum Gasteiger partial charge on any atom is 0.354 e. The number of carbonyl (C=O) groups excluding carboxylic acids is 2. The Labute approximate surface area is 169 Å². The van der Waals surface area contributed by atoms with Crippen molar-refractivity contribution in [2.45, 2.75) is 31.2 Å². The molecule has 0 unspecified atom stereocenters. The van der Waals surface area contributed by atoms with Crippen LogP contribution in [0.5, 0.6) is 0 Å². The van der Waals surface area contributed by atoms with Crippen LogP contribution in [0.4, 0.5) is 5.69 Å². The van der Waals surface area contributed by atoms with Gasteiger partial charge in [-0.05, 0) is 31.9 Å². The molecule has 3 aliphatic heterocycles. The van der Waals surface area contributed by atoms with Gasteiger partial charge in [-0.25, -0.2) is 9.59 Å². The number of hydrogen-bond acceptors (Lipinski definition) is 7. The van der Waals surface area contributed by atoms with E-state index in [9.17, 15) is 19.7 Å². The van der Waals surface area contributed by atoms with Crippen molar-refractivity contribution >= 4 is 33.8 Å². The molecular weight excluding hydrogens is 396 g/mol. The van der Waals surface area contributed by atoms with Gasteiger partial charge in [0.15, 0.2) is 0 Å². The first-order valence-corrected chi connectivity index (χ1v) is 10.8. The van der Waals surface area contributed by atoms with Crippen molar-refractivity contribution < 1.29 is 22.9 Å². The van der Waals surface area contributed by atoms with Gasteiger partial charge >= 0.3 is 11.9 Å². The van der Waals surface area contributed by atoms with Crippen LogP contribution in [0.1, 0.15) is 25.8 Å². The highest BCUT2D eigenvalue weighted by Gasteiger charge is 2.40. The summed E-state index contributed by atoms with van der Waals surface area (Å²) in [6, 6.07) is 4.71. The Balaban J connectivity index is 1.83. The average molecular weight is 416 g/mol. The Kier molecular flexibility index (Phi) is 4.79. The fourth-order valence-electron chi connectivity index (χ4n) is 3.61. The molecule has 1 aromatic rings. The highest BCUT2D eigenvalue weighted by Crippen LogP contribution is 2.68. The molecule has 152 valence electrons. The lowest BCUT2D eigenvalue weighted by Crippen LogP contribution is -2.34. The molecule has 0 atom stereocenters. The smallest absolute Gasteiger partial charge is 0.332 e. The van der Waals surface area contributed by atoms with Crippen LogP contribution in [0, 0.1) is 10.1 Å². The van der Waals surface area contributed by atoms with Crippen LogP contribution >= 0.6 is 10.6 Å². The number of allylic oxidation sites excluding steroid dienone is 1. The Morgan fingerprint density at radius 2 is 1.86 bits per heavy atom. The molecule has 3 heterocycles. The second-order valence-electron chi connectivity index (χ2n) is 7.22. The number of fused-ring (bicyclic) bond motifs is 2. The summed E-state index contributed by atoms with van der Waals surface area (Å²) >= 11 is 0. The molecule has 29 heavy (non-hydrogen) atoms. The fourth-order valence-corrected chi connectivity index (χ4v) is 5.97. The third kappa shape index (κ3) is 3.47. The number of carbonyl (C=O) groups is 2. The van der Waals surface area contributed by atoms with Crippen LogP contribution in [0.2, 0.25) is 0 Å². The predicted octanol–water partition coefficient (Wildman–Crippen LogP) is 3.64. The van der Waals surface area contributed by atoms with E-state index in [1.807, 2.05) is 0 Å². The molecule has 0 N–H and O–H groups in total. The number of non-ortho nitro benzene ring substituents is 1. The van der Waals surface area contributed by atoms with Gasteiger partial charge in [0, 0.05) is 54.6 Å². The number of rotatable bonds is 3. The summed E-state index contributed by atoms with van der Waals surface area (Å²) < 4.78 is 11.1. The van der Waals surface area contributed by atoms with Gasteiger partial charge < -0.3 is 8.37 Å². The molecule has 0 amide bonds. The summed E-state index contributed by atoms with van der Waals surface area (Å²) in [5.41, 5.74) is 2.22. The number of nitro benzene ring substituents is 1. The summed E-state index contributed by atoms with van der Waals surface area (Å²) in [5.74, 6) is -1.37. The lowest BCUT2D eigenvalue weighted by Gasteiger charge is -2.34. The van der Waals surface area contributed by atoms with Crippen molar-refractivity contribution in [3.05, 3.63) is 63.1 Å². The molecule has 3 aliphatic rings. The van der Waals surface area contributed by atoms with Crippen molar-refractivity contribution in [2.24, 2.45) is 0 Å². The first kappa shape index (κ1) is 19.4. The molecule has 1 spiro atoms. The van der Waals surface area contributed by atoms with Gasteiger partial charge in [0.2, 0.25) is 0 Å². The van der Waals surface area contributed by atoms with E-state index in [1.165, 1.54) is 18.2 Å². The standard InChI is InChI=1S/C20H20N2O6S/c1-13(2)21-9-7-14(8-10-21)17-12-29(27-19(23)5-6-20(24)28-29)18-4-3-15(22(25)26)11-16(17)18/h3-7,11-13H,8-10H2,1-2H3. The summed E-state index contributed by atoms with van der Waals surface area (Å²) in [7, 11) is -2.83. The van der Waals surface area contributed by atoms with Crippen molar-refractivity contribution in [2.75, 3.05) is 13.1 Å². The first-order chi connectivity index (χ1) is 13.8. The van der Waals surface area contributed by atoms with Crippen molar-refractivity contribution in [3.63, 3.8) is 0 Å².